The monoisotopic (exact) mass is 190 g/mol. The maximum atomic E-state index is 9.39. The van der Waals surface area contributed by atoms with Crippen LogP contribution >= 0.6 is 0 Å². The van der Waals surface area contributed by atoms with Crippen molar-refractivity contribution in [2.75, 3.05) is 20.3 Å². The highest BCUT2D eigenvalue weighted by molar-refractivity contribution is 6.11. The maximum Gasteiger partial charge on any atom is 0.183 e. The van der Waals surface area contributed by atoms with E-state index in [-0.39, 0.29) is 6.00 Å². The van der Waals surface area contributed by atoms with Crippen LogP contribution < -0.4 is 0 Å². The molecule has 1 rings (SSSR count). The lowest BCUT2D eigenvalue weighted by Gasteiger charge is -2.17. The van der Waals surface area contributed by atoms with Crippen molar-refractivity contribution in [3.05, 3.63) is 0 Å². The smallest absolute Gasteiger partial charge is 0.183 e. The first-order valence-corrected chi connectivity index (χ1v) is 4.29. The van der Waals surface area contributed by atoms with Gasteiger partial charge < -0.3 is 24.4 Å². The SMILES string of the molecule is B[C@@H]1O[C@H](O)[C@@H](O)[C@H]1OCCOC. The maximum absolute atomic E-state index is 9.39. The van der Waals surface area contributed by atoms with Crippen molar-refractivity contribution in [3.63, 3.8) is 0 Å². The van der Waals surface area contributed by atoms with Crippen molar-refractivity contribution in [2.45, 2.75) is 24.5 Å². The summed E-state index contributed by atoms with van der Waals surface area (Å²) in [7, 11) is 3.32. The van der Waals surface area contributed by atoms with Crippen LogP contribution in [0.3, 0.4) is 0 Å². The predicted octanol–water partition coefficient (Wildman–Crippen LogP) is -2.31. The zero-order valence-electron chi connectivity index (χ0n) is 7.84. The summed E-state index contributed by atoms with van der Waals surface area (Å²) >= 11 is 0. The number of ether oxygens (including phenoxy) is 3. The highest BCUT2D eigenvalue weighted by Gasteiger charge is 2.40. The van der Waals surface area contributed by atoms with E-state index < -0.39 is 18.5 Å². The number of hydrogen-bond donors (Lipinski definition) is 2. The van der Waals surface area contributed by atoms with Crippen molar-refractivity contribution < 1.29 is 24.4 Å². The average Bonchev–Trinajstić information content (AvgIpc) is 2.32. The number of aliphatic hydroxyl groups excluding tert-OH is 2. The Bertz CT molecular complexity index is 156. The molecule has 0 aromatic heterocycles. The van der Waals surface area contributed by atoms with Gasteiger partial charge >= 0.3 is 0 Å². The number of hydrogen-bond acceptors (Lipinski definition) is 5. The van der Waals surface area contributed by atoms with Crippen LogP contribution in [0.15, 0.2) is 0 Å². The van der Waals surface area contributed by atoms with Gasteiger partial charge in [0.2, 0.25) is 0 Å². The fourth-order valence-corrected chi connectivity index (χ4v) is 1.32. The second-order valence-electron chi connectivity index (χ2n) is 3.05. The largest absolute Gasteiger partial charge is 0.385 e. The minimum atomic E-state index is -1.14. The van der Waals surface area contributed by atoms with Gasteiger partial charge in [-0.2, -0.15) is 0 Å². The van der Waals surface area contributed by atoms with Gasteiger partial charge in [0.25, 0.3) is 0 Å². The molecule has 2 N–H and O–H groups in total. The van der Waals surface area contributed by atoms with Crippen LogP contribution in [0.5, 0.6) is 0 Å². The molecule has 13 heavy (non-hydrogen) atoms. The lowest BCUT2D eigenvalue weighted by Crippen LogP contribution is -2.36. The first-order valence-electron chi connectivity index (χ1n) is 4.29. The molecule has 0 aromatic carbocycles. The number of aliphatic hydroxyl groups is 2. The quantitative estimate of drug-likeness (QED) is 0.385. The van der Waals surface area contributed by atoms with Gasteiger partial charge in [0.05, 0.1) is 19.2 Å². The summed E-state index contributed by atoms with van der Waals surface area (Å²) in [5.41, 5.74) is 0. The Kier molecular flexibility index (Phi) is 4.15. The second kappa shape index (κ2) is 4.92. The van der Waals surface area contributed by atoms with E-state index in [2.05, 4.69) is 0 Å². The molecule has 0 amide bonds. The van der Waals surface area contributed by atoms with Crippen LogP contribution in [0.2, 0.25) is 0 Å². The van der Waals surface area contributed by atoms with E-state index >= 15 is 0 Å². The standard InChI is InChI=1S/C7H15BO5/c1-11-2-3-12-5-4(9)7(10)13-6(5)8/h4-7,9-10H,2-3,8H2,1H3/t4-,5+,6+,7-/m0/s1. The van der Waals surface area contributed by atoms with Gasteiger partial charge in [-0.1, -0.05) is 0 Å². The molecule has 1 saturated heterocycles. The average molecular weight is 190 g/mol. The van der Waals surface area contributed by atoms with E-state index in [4.69, 9.17) is 19.3 Å². The minimum Gasteiger partial charge on any atom is -0.385 e. The van der Waals surface area contributed by atoms with Gasteiger partial charge in [-0.25, -0.2) is 0 Å². The summed E-state index contributed by atoms with van der Waals surface area (Å²) in [4.78, 5) is 0. The van der Waals surface area contributed by atoms with Gasteiger partial charge in [-0.15, -0.1) is 0 Å². The molecule has 1 fully saturated rings. The Morgan fingerprint density at radius 3 is 2.54 bits per heavy atom. The van der Waals surface area contributed by atoms with E-state index in [9.17, 15) is 5.11 Å². The van der Waals surface area contributed by atoms with Gasteiger partial charge in [-0.05, 0) is 0 Å². The molecule has 4 atom stereocenters. The summed E-state index contributed by atoms with van der Waals surface area (Å²) < 4.78 is 15.0. The topological polar surface area (TPSA) is 68.2 Å². The van der Waals surface area contributed by atoms with Gasteiger partial charge in [0.1, 0.15) is 20.1 Å². The number of methoxy groups -OCH3 is 1. The minimum absolute atomic E-state index is 0.290. The van der Waals surface area contributed by atoms with Crippen molar-refractivity contribution >= 4 is 7.85 Å². The molecule has 0 aromatic rings. The summed E-state index contributed by atoms with van der Waals surface area (Å²) in [6.45, 7) is 0.852. The van der Waals surface area contributed by atoms with E-state index in [0.717, 1.165) is 0 Å². The molecule has 1 aliphatic rings. The molecule has 5 nitrogen and oxygen atoms in total. The summed E-state index contributed by atoms with van der Waals surface area (Å²) in [5.74, 6) is 0. The number of rotatable bonds is 4. The third kappa shape index (κ3) is 2.65. The molecule has 76 valence electrons. The summed E-state index contributed by atoms with van der Waals surface area (Å²) in [6, 6.07) is -0.290. The molecule has 0 saturated carbocycles. The molecular weight excluding hydrogens is 175 g/mol. The fraction of sp³-hybridized carbons (Fsp3) is 1.00. The first-order chi connectivity index (χ1) is 6.16. The van der Waals surface area contributed by atoms with Crippen LogP contribution in [0.4, 0.5) is 0 Å². The summed E-state index contributed by atoms with van der Waals surface area (Å²) in [5, 5.41) is 18.5. The molecule has 1 heterocycles. The van der Waals surface area contributed by atoms with E-state index in [1.54, 1.807) is 15.0 Å². The first kappa shape index (κ1) is 10.9. The Hall–Kier alpha value is -0.135. The van der Waals surface area contributed by atoms with Gasteiger partial charge in [-0.3, -0.25) is 0 Å². The molecule has 0 aliphatic carbocycles. The highest BCUT2D eigenvalue weighted by Crippen LogP contribution is 2.20. The van der Waals surface area contributed by atoms with Crippen LogP contribution in [0, 0.1) is 0 Å². The third-order valence-electron chi connectivity index (χ3n) is 2.04. The molecule has 1 aliphatic heterocycles. The van der Waals surface area contributed by atoms with Crippen molar-refractivity contribution in [1.29, 1.82) is 0 Å². The van der Waals surface area contributed by atoms with Crippen molar-refractivity contribution in [1.82, 2.24) is 0 Å². The molecular formula is C7H15BO5. The zero-order chi connectivity index (χ0) is 9.84. The lowest BCUT2D eigenvalue weighted by molar-refractivity contribution is -0.118. The van der Waals surface area contributed by atoms with Crippen LogP contribution in [-0.4, -0.2) is 62.9 Å². The van der Waals surface area contributed by atoms with Crippen molar-refractivity contribution in [2.24, 2.45) is 0 Å². The highest BCUT2D eigenvalue weighted by atomic mass is 16.7. The predicted molar refractivity (Wildman–Crippen MR) is 47.0 cm³/mol. The molecule has 0 spiro atoms. The summed E-state index contributed by atoms with van der Waals surface area (Å²) in [6.07, 6.45) is -2.57. The Labute approximate surface area is 78.0 Å². The zero-order valence-corrected chi connectivity index (χ0v) is 7.84. The van der Waals surface area contributed by atoms with E-state index in [1.807, 2.05) is 0 Å². The van der Waals surface area contributed by atoms with E-state index in [1.165, 1.54) is 0 Å². The van der Waals surface area contributed by atoms with Crippen LogP contribution in [0.1, 0.15) is 0 Å². The van der Waals surface area contributed by atoms with Crippen molar-refractivity contribution in [3.8, 4) is 0 Å². The lowest BCUT2D eigenvalue weighted by atomic mass is 9.93. The normalized spacial score (nSPS) is 39.6. The van der Waals surface area contributed by atoms with Gasteiger partial charge in [0, 0.05) is 7.11 Å². The van der Waals surface area contributed by atoms with Crippen LogP contribution in [-0.2, 0) is 14.2 Å². The Morgan fingerprint density at radius 2 is 2.08 bits per heavy atom. The Morgan fingerprint density at radius 1 is 1.38 bits per heavy atom. The van der Waals surface area contributed by atoms with Gasteiger partial charge in [0.15, 0.2) is 6.29 Å². The molecule has 6 heteroatoms. The molecule has 0 bridgehead atoms. The molecule has 0 unspecified atom stereocenters. The third-order valence-corrected chi connectivity index (χ3v) is 2.04. The Balaban J connectivity index is 2.31. The molecule has 0 radical (unpaired) electrons. The fourth-order valence-electron chi connectivity index (χ4n) is 1.32. The van der Waals surface area contributed by atoms with E-state index in [0.29, 0.717) is 13.2 Å². The second-order valence-corrected chi connectivity index (χ2v) is 3.05. The van der Waals surface area contributed by atoms with Crippen LogP contribution in [0.25, 0.3) is 0 Å².